The summed E-state index contributed by atoms with van der Waals surface area (Å²) in [4.78, 5) is 13.3. The van der Waals surface area contributed by atoms with E-state index in [1.807, 2.05) is 44.2 Å². The molecule has 0 aliphatic heterocycles. The van der Waals surface area contributed by atoms with Gasteiger partial charge in [0.05, 0.1) is 34.0 Å². The van der Waals surface area contributed by atoms with E-state index >= 15 is 0 Å². The number of aliphatic hydroxyl groups excluding tert-OH is 1. The number of carbonyl (C=O) groups excluding carboxylic acids is 1. The third-order valence-electron chi connectivity index (χ3n) is 8.06. The molecule has 0 aliphatic rings. The van der Waals surface area contributed by atoms with E-state index in [4.69, 9.17) is 29.4 Å². The van der Waals surface area contributed by atoms with Crippen molar-refractivity contribution in [2.24, 2.45) is 29.4 Å². The fourth-order valence-corrected chi connectivity index (χ4v) is 5.27. The molecule has 0 aliphatic carbocycles. The van der Waals surface area contributed by atoms with Crippen LogP contribution in [-0.2, 0) is 22.5 Å². The Bertz CT molecular complexity index is 1110. The number of aliphatic hydroxyl groups is 1. The minimum Gasteiger partial charge on any atom is -0.493 e. The van der Waals surface area contributed by atoms with Gasteiger partial charge in [-0.2, -0.15) is 0 Å². The van der Waals surface area contributed by atoms with Gasteiger partial charge in [0.15, 0.2) is 23.0 Å². The summed E-state index contributed by atoms with van der Waals surface area (Å²) in [5.41, 5.74) is 8.53. The number of para-hydroxylation sites is 1. The van der Waals surface area contributed by atoms with Crippen molar-refractivity contribution in [3.63, 3.8) is 0 Å². The smallest absolute Gasteiger partial charge is 0.223 e. The van der Waals surface area contributed by atoms with E-state index < -0.39 is 18.1 Å². The topological polar surface area (TPSA) is 122 Å². The van der Waals surface area contributed by atoms with Crippen LogP contribution in [0.25, 0.3) is 0 Å². The van der Waals surface area contributed by atoms with Gasteiger partial charge in [-0.15, -0.1) is 0 Å². The van der Waals surface area contributed by atoms with E-state index in [0.29, 0.717) is 55.1 Å². The number of methoxy groups -OCH3 is 4. The van der Waals surface area contributed by atoms with Crippen molar-refractivity contribution in [3.8, 4) is 23.0 Å². The summed E-state index contributed by atoms with van der Waals surface area (Å²) >= 11 is 0. The Morgan fingerprint density at radius 2 is 1.60 bits per heavy atom. The lowest BCUT2D eigenvalue weighted by Gasteiger charge is -2.30. The molecule has 2 rings (SSSR count). The monoisotopic (exact) mass is 602 g/mol. The summed E-state index contributed by atoms with van der Waals surface area (Å²) in [6, 6.07) is 11.1. The lowest BCUT2D eigenvalue weighted by atomic mass is 9.81. The molecular weight excluding hydrogens is 548 g/mol. The number of hydrogen-bond acceptors (Lipinski definition) is 8. The van der Waals surface area contributed by atoms with Crippen LogP contribution in [0.2, 0.25) is 0 Å². The van der Waals surface area contributed by atoms with Crippen molar-refractivity contribution < 1.29 is 33.6 Å². The molecule has 1 unspecified atom stereocenters. The molecule has 9 nitrogen and oxygen atoms in total. The highest BCUT2D eigenvalue weighted by Gasteiger charge is 2.30. The predicted molar refractivity (Wildman–Crippen MR) is 170 cm³/mol. The quantitative estimate of drug-likeness (QED) is 0.181. The number of ether oxygens (including phenoxy) is 5. The molecule has 0 fully saturated rings. The number of hydrogen-bond donors (Lipinski definition) is 3. The highest BCUT2D eigenvalue weighted by molar-refractivity contribution is 5.79. The van der Waals surface area contributed by atoms with Gasteiger partial charge in [0.1, 0.15) is 0 Å². The maximum atomic E-state index is 13.3. The third kappa shape index (κ3) is 11.2. The van der Waals surface area contributed by atoms with Crippen molar-refractivity contribution in [2.75, 3.05) is 41.7 Å². The second-order valence-electron chi connectivity index (χ2n) is 11.8. The first-order chi connectivity index (χ1) is 20.6. The first kappa shape index (κ1) is 36.2. The summed E-state index contributed by atoms with van der Waals surface area (Å²) in [6.45, 7) is 9.79. The zero-order valence-electron chi connectivity index (χ0n) is 27.4. The maximum absolute atomic E-state index is 13.3. The standard InChI is InChI=1S/C34H54N2O7/c1-22(2)26(17-24-13-14-30(40-6)32(18-24)43-16-10-15-39-5)19-28(35)29(37)20-27(23(3)4)34(38)36-21-25-11-9-12-31(41-7)33(25)42-8/h9,11-14,18,22-23,26-29,37H,10,15-17,19-21,35H2,1-8H3,(H,36,38)/t26-,27-,28-,29?/m0/s1. The van der Waals surface area contributed by atoms with Crippen LogP contribution in [-0.4, -0.2) is 64.8 Å². The molecule has 0 radical (unpaired) electrons. The first-order valence-electron chi connectivity index (χ1n) is 15.3. The number of nitrogens with two attached hydrogens (primary N) is 1. The second-order valence-corrected chi connectivity index (χ2v) is 11.8. The van der Waals surface area contributed by atoms with Crippen LogP contribution in [0.4, 0.5) is 0 Å². The summed E-state index contributed by atoms with van der Waals surface area (Å²) in [5, 5.41) is 14.2. The lowest BCUT2D eigenvalue weighted by Crippen LogP contribution is -2.42. The van der Waals surface area contributed by atoms with Gasteiger partial charge in [-0.3, -0.25) is 4.79 Å². The molecule has 0 bridgehead atoms. The van der Waals surface area contributed by atoms with Gasteiger partial charge in [0.25, 0.3) is 0 Å². The molecule has 0 spiro atoms. The minimum absolute atomic E-state index is 0.0246. The third-order valence-corrected chi connectivity index (χ3v) is 8.06. The highest BCUT2D eigenvalue weighted by atomic mass is 16.5. The molecule has 2 aromatic carbocycles. The van der Waals surface area contributed by atoms with E-state index in [1.54, 1.807) is 28.4 Å². The van der Waals surface area contributed by atoms with Gasteiger partial charge in [0, 0.05) is 44.2 Å². The molecule has 0 saturated heterocycles. The van der Waals surface area contributed by atoms with Gasteiger partial charge in [-0.1, -0.05) is 45.9 Å². The van der Waals surface area contributed by atoms with E-state index in [1.165, 1.54) is 0 Å². The van der Waals surface area contributed by atoms with Crippen LogP contribution >= 0.6 is 0 Å². The lowest BCUT2D eigenvalue weighted by molar-refractivity contribution is -0.127. The van der Waals surface area contributed by atoms with Crippen LogP contribution in [0.5, 0.6) is 23.0 Å². The van der Waals surface area contributed by atoms with Gasteiger partial charge >= 0.3 is 0 Å². The Kier molecular flexibility index (Phi) is 15.7. The van der Waals surface area contributed by atoms with E-state index in [0.717, 1.165) is 24.0 Å². The molecule has 0 saturated carbocycles. The van der Waals surface area contributed by atoms with Crippen LogP contribution < -0.4 is 30.0 Å². The number of rotatable bonds is 20. The summed E-state index contributed by atoms with van der Waals surface area (Å²) in [6.07, 6.45) is 1.67. The first-order valence-corrected chi connectivity index (χ1v) is 15.3. The molecule has 4 N–H and O–H groups in total. The molecule has 9 heteroatoms. The number of nitrogens with one attached hydrogen (secondary N) is 1. The highest BCUT2D eigenvalue weighted by Crippen LogP contribution is 2.33. The molecule has 4 atom stereocenters. The fraction of sp³-hybridized carbons (Fsp3) is 0.618. The molecule has 2 aromatic rings. The molecule has 1 amide bonds. The number of amides is 1. The summed E-state index contributed by atoms with van der Waals surface area (Å²) in [5.74, 6) is 2.68. The molecular formula is C34H54N2O7. The largest absolute Gasteiger partial charge is 0.493 e. The Labute approximate surface area is 258 Å². The van der Waals surface area contributed by atoms with Crippen molar-refractivity contribution in [1.82, 2.24) is 5.32 Å². The van der Waals surface area contributed by atoms with E-state index in [2.05, 4.69) is 25.2 Å². The predicted octanol–water partition coefficient (Wildman–Crippen LogP) is 5.00. The number of carbonyl (C=O) groups is 1. The van der Waals surface area contributed by atoms with E-state index in [9.17, 15) is 9.90 Å². The van der Waals surface area contributed by atoms with Crippen LogP contribution in [0.1, 0.15) is 58.1 Å². The Balaban J connectivity index is 2.04. The van der Waals surface area contributed by atoms with Crippen LogP contribution in [0.3, 0.4) is 0 Å². The molecule has 0 heterocycles. The average Bonchev–Trinajstić information content (AvgIpc) is 2.99. The molecule has 43 heavy (non-hydrogen) atoms. The van der Waals surface area contributed by atoms with Gasteiger partial charge < -0.3 is 39.8 Å². The van der Waals surface area contributed by atoms with Gasteiger partial charge in [0.2, 0.25) is 5.91 Å². The second kappa shape index (κ2) is 18.6. The normalized spacial score (nSPS) is 14.2. The van der Waals surface area contributed by atoms with Crippen molar-refractivity contribution in [1.29, 1.82) is 0 Å². The number of benzene rings is 2. The zero-order chi connectivity index (χ0) is 31.9. The van der Waals surface area contributed by atoms with Crippen molar-refractivity contribution in [2.45, 2.75) is 72.1 Å². The summed E-state index contributed by atoms with van der Waals surface area (Å²) in [7, 11) is 6.47. The molecule has 242 valence electrons. The molecule has 0 aromatic heterocycles. The Hall–Kier alpha value is -3.01. The fourth-order valence-electron chi connectivity index (χ4n) is 5.27. The van der Waals surface area contributed by atoms with Crippen LogP contribution in [0.15, 0.2) is 36.4 Å². The minimum atomic E-state index is -0.818. The summed E-state index contributed by atoms with van der Waals surface area (Å²) < 4.78 is 27.5. The SMILES string of the molecule is COCCCOc1cc(C[C@@H](C[C@H](N)C(O)C[C@H](C(=O)NCc2cccc(OC)c2OC)C(C)C)C(C)C)ccc1OC. The van der Waals surface area contributed by atoms with Gasteiger partial charge in [-0.25, -0.2) is 0 Å². The maximum Gasteiger partial charge on any atom is 0.223 e. The van der Waals surface area contributed by atoms with E-state index in [-0.39, 0.29) is 24.2 Å². The van der Waals surface area contributed by atoms with Gasteiger partial charge in [-0.05, 0) is 60.8 Å². The zero-order valence-corrected chi connectivity index (χ0v) is 27.4. The van der Waals surface area contributed by atoms with Crippen molar-refractivity contribution >= 4 is 5.91 Å². The van der Waals surface area contributed by atoms with Crippen molar-refractivity contribution in [3.05, 3.63) is 47.5 Å². The average molecular weight is 603 g/mol. The van der Waals surface area contributed by atoms with Crippen LogP contribution in [0, 0.1) is 23.7 Å². The Morgan fingerprint density at radius 1 is 0.884 bits per heavy atom. The Morgan fingerprint density at radius 3 is 2.21 bits per heavy atom.